The topological polar surface area (TPSA) is 34.1 Å². The molecule has 4 heteroatoms. The number of rotatable bonds is 7. The minimum Gasteiger partial charge on any atom is -0.489 e. The molecule has 0 radical (unpaired) electrons. The SMILES string of the molecule is CCCNCc1cc(OCc2cccnc2)ccc1Br. The molecule has 0 aliphatic rings. The summed E-state index contributed by atoms with van der Waals surface area (Å²) in [5.41, 5.74) is 2.28. The van der Waals surface area contributed by atoms with Crippen molar-refractivity contribution in [3.63, 3.8) is 0 Å². The van der Waals surface area contributed by atoms with E-state index in [9.17, 15) is 0 Å². The maximum absolute atomic E-state index is 5.81. The van der Waals surface area contributed by atoms with E-state index in [-0.39, 0.29) is 0 Å². The zero-order valence-electron chi connectivity index (χ0n) is 11.6. The molecule has 0 amide bonds. The number of pyridine rings is 1. The van der Waals surface area contributed by atoms with Gasteiger partial charge in [0.25, 0.3) is 0 Å². The van der Waals surface area contributed by atoms with Crippen molar-refractivity contribution in [2.45, 2.75) is 26.5 Å². The van der Waals surface area contributed by atoms with E-state index in [1.807, 2.05) is 30.5 Å². The summed E-state index contributed by atoms with van der Waals surface area (Å²) in [6, 6.07) is 10.0. The van der Waals surface area contributed by atoms with Crippen LogP contribution >= 0.6 is 15.9 Å². The van der Waals surface area contributed by atoms with E-state index in [1.54, 1.807) is 6.20 Å². The third-order valence-electron chi connectivity index (χ3n) is 2.89. The van der Waals surface area contributed by atoms with Gasteiger partial charge in [-0.3, -0.25) is 4.98 Å². The van der Waals surface area contributed by atoms with Gasteiger partial charge >= 0.3 is 0 Å². The quantitative estimate of drug-likeness (QED) is 0.779. The van der Waals surface area contributed by atoms with Gasteiger partial charge < -0.3 is 10.1 Å². The van der Waals surface area contributed by atoms with Crippen LogP contribution in [-0.4, -0.2) is 11.5 Å². The van der Waals surface area contributed by atoms with Crippen molar-refractivity contribution in [3.8, 4) is 5.75 Å². The van der Waals surface area contributed by atoms with E-state index in [0.29, 0.717) is 6.61 Å². The molecule has 0 saturated carbocycles. The van der Waals surface area contributed by atoms with Crippen LogP contribution in [0.3, 0.4) is 0 Å². The molecule has 1 heterocycles. The summed E-state index contributed by atoms with van der Waals surface area (Å²) >= 11 is 3.57. The summed E-state index contributed by atoms with van der Waals surface area (Å²) in [5, 5.41) is 3.40. The smallest absolute Gasteiger partial charge is 0.120 e. The highest BCUT2D eigenvalue weighted by Crippen LogP contribution is 2.23. The number of aromatic nitrogens is 1. The van der Waals surface area contributed by atoms with Crippen molar-refractivity contribution < 1.29 is 4.74 Å². The van der Waals surface area contributed by atoms with Gasteiger partial charge in [0.1, 0.15) is 12.4 Å². The van der Waals surface area contributed by atoms with E-state index >= 15 is 0 Å². The molecule has 0 atom stereocenters. The number of nitrogens with one attached hydrogen (secondary N) is 1. The Morgan fingerprint density at radius 1 is 1.30 bits per heavy atom. The lowest BCUT2D eigenvalue weighted by Crippen LogP contribution is -2.14. The highest BCUT2D eigenvalue weighted by atomic mass is 79.9. The molecule has 0 bridgehead atoms. The summed E-state index contributed by atoms with van der Waals surface area (Å²) < 4.78 is 6.91. The number of hydrogen-bond donors (Lipinski definition) is 1. The highest BCUT2D eigenvalue weighted by Gasteiger charge is 2.03. The van der Waals surface area contributed by atoms with Crippen LogP contribution in [0.1, 0.15) is 24.5 Å². The fourth-order valence-corrected chi connectivity index (χ4v) is 2.21. The van der Waals surface area contributed by atoms with Gasteiger partial charge in [-0.1, -0.05) is 28.9 Å². The van der Waals surface area contributed by atoms with E-state index < -0.39 is 0 Å². The first kappa shape index (κ1) is 15.0. The molecule has 106 valence electrons. The molecule has 2 aromatic rings. The van der Waals surface area contributed by atoms with Crippen molar-refractivity contribution in [3.05, 3.63) is 58.3 Å². The molecule has 1 aromatic heterocycles. The minimum absolute atomic E-state index is 0.539. The zero-order valence-corrected chi connectivity index (χ0v) is 13.2. The summed E-state index contributed by atoms with van der Waals surface area (Å²) in [6.45, 7) is 4.57. The number of ether oxygens (including phenoxy) is 1. The maximum Gasteiger partial charge on any atom is 0.120 e. The van der Waals surface area contributed by atoms with Crippen LogP contribution in [0.5, 0.6) is 5.75 Å². The third kappa shape index (κ3) is 4.62. The average molecular weight is 335 g/mol. The minimum atomic E-state index is 0.539. The second-order valence-electron chi connectivity index (χ2n) is 4.58. The Kier molecular flexibility index (Phi) is 6.02. The fourth-order valence-electron chi connectivity index (χ4n) is 1.83. The van der Waals surface area contributed by atoms with Crippen molar-refractivity contribution in [2.24, 2.45) is 0 Å². The Bertz CT molecular complexity index is 531. The third-order valence-corrected chi connectivity index (χ3v) is 3.66. The summed E-state index contributed by atoms with van der Waals surface area (Å²) in [4.78, 5) is 4.08. The molecule has 0 aliphatic carbocycles. The van der Waals surface area contributed by atoms with E-state index in [4.69, 9.17) is 4.74 Å². The highest BCUT2D eigenvalue weighted by molar-refractivity contribution is 9.10. The van der Waals surface area contributed by atoms with E-state index in [0.717, 1.165) is 35.3 Å². The molecule has 0 spiro atoms. The van der Waals surface area contributed by atoms with Crippen LogP contribution in [0, 0.1) is 0 Å². The van der Waals surface area contributed by atoms with E-state index in [1.165, 1.54) is 5.56 Å². The number of benzene rings is 1. The molecule has 3 nitrogen and oxygen atoms in total. The lowest BCUT2D eigenvalue weighted by Gasteiger charge is -2.10. The Morgan fingerprint density at radius 3 is 2.95 bits per heavy atom. The normalized spacial score (nSPS) is 10.5. The molecule has 20 heavy (non-hydrogen) atoms. The van der Waals surface area contributed by atoms with Crippen molar-refractivity contribution in [1.82, 2.24) is 10.3 Å². The predicted octanol–water partition coefficient (Wildman–Crippen LogP) is 3.92. The Hall–Kier alpha value is -1.39. The first-order valence-electron chi connectivity index (χ1n) is 6.80. The Morgan fingerprint density at radius 2 is 2.20 bits per heavy atom. The van der Waals surface area contributed by atoms with Gasteiger partial charge in [-0.25, -0.2) is 0 Å². The molecular formula is C16H19BrN2O. The van der Waals surface area contributed by atoms with Crippen LogP contribution in [0.25, 0.3) is 0 Å². The average Bonchev–Trinajstić information content (AvgIpc) is 2.49. The molecule has 0 unspecified atom stereocenters. The van der Waals surface area contributed by atoms with Crippen LogP contribution in [-0.2, 0) is 13.2 Å². The van der Waals surface area contributed by atoms with Crippen molar-refractivity contribution in [1.29, 1.82) is 0 Å². The standard InChI is InChI=1S/C16H19BrN2O/c1-2-7-18-11-14-9-15(5-6-16(14)17)20-12-13-4-3-8-19-10-13/h3-6,8-10,18H,2,7,11-12H2,1H3. The molecule has 0 saturated heterocycles. The second kappa shape index (κ2) is 8.02. The maximum atomic E-state index is 5.81. The molecule has 0 fully saturated rings. The van der Waals surface area contributed by atoms with Gasteiger partial charge in [0, 0.05) is 29.0 Å². The Labute approximate surface area is 128 Å². The molecule has 1 aromatic carbocycles. The van der Waals surface area contributed by atoms with Gasteiger partial charge in [0.05, 0.1) is 0 Å². The number of hydrogen-bond acceptors (Lipinski definition) is 3. The Balaban J connectivity index is 1.96. The van der Waals surface area contributed by atoms with Gasteiger partial charge in [0.2, 0.25) is 0 Å². The lowest BCUT2D eigenvalue weighted by molar-refractivity contribution is 0.305. The first-order chi connectivity index (χ1) is 9.79. The first-order valence-corrected chi connectivity index (χ1v) is 7.59. The monoisotopic (exact) mass is 334 g/mol. The van der Waals surface area contributed by atoms with Gasteiger partial charge in [0.15, 0.2) is 0 Å². The fraction of sp³-hybridized carbons (Fsp3) is 0.312. The van der Waals surface area contributed by atoms with Crippen LogP contribution < -0.4 is 10.1 Å². The summed E-state index contributed by atoms with van der Waals surface area (Å²) in [7, 11) is 0. The lowest BCUT2D eigenvalue weighted by atomic mass is 10.2. The zero-order chi connectivity index (χ0) is 14.2. The molecule has 2 rings (SSSR count). The molecule has 1 N–H and O–H groups in total. The van der Waals surface area contributed by atoms with Crippen molar-refractivity contribution >= 4 is 15.9 Å². The van der Waals surface area contributed by atoms with Gasteiger partial charge in [-0.2, -0.15) is 0 Å². The van der Waals surface area contributed by atoms with Crippen molar-refractivity contribution in [2.75, 3.05) is 6.54 Å². The summed E-state index contributed by atoms with van der Waals surface area (Å²) in [5.74, 6) is 0.880. The largest absolute Gasteiger partial charge is 0.489 e. The molecule has 0 aliphatic heterocycles. The van der Waals surface area contributed by atoms with E-state index in [2.05, 4.69) is 39.2 Å². The second-order valence-corrected chi connectivity index (χ2v) is 5.43. The van der Waals surface area contributed by atoms with Crippen LogP contribution in [0.15, 0.2) is 47.2 Å². The number of nitrogens with zero attached hydrogens (tertiary/aromatic N) is 1. The van der Waals surface area contributed by atoms with Gasteiger partial charge in [-0.05, 0) is 42.8 Å². The van der Waals surface area contributed by atoms with Crippen LogP contribution in [0.2, 0.25) is 0 Å². The van der Waals surface area contributed by atoms with Crippen LogP contribution in [0.4, 0.5) is 0 Å². The number of halogens is 1. The van der Waals surface area contributed by atoms with Gasteiger partial charge in [-0.15, -0.1) is 0 Å². The summed E-state index contributed by atoms with van der Waals surface area (Å²) in [6.07, 6.45) is 4.72. The molecular weight excluding hydrogens is 316 g/mol. The predicted molar refractivity (Wildman–Crippen MR) is 84.7 cm³/mol.